The molecule has 3 fully saturated rings. The molecule has 0 unspecified atom stereocenters. The molecule has 0 radical (unpaired) electrons. The molecule has 0 heterocycles. The molecule has 0 amide bonds. The highest BCUT2D eigenvalue weighted by Crippen LogP contribution is 2.66. The lowest BCUT2D eigenvalue weighted by molar-refractivity contribution is -0.132. The minimum absolute atomic E-state index is 0.0693. The molecule has 4 aliphatic carbocycles. The molecule has 7 atom stereocenters. The highest BCUT2D eigenvalue weighted by molar-refractivity contribution is 5.79. The largest absolute Gasteiger partial charge is 0.396 e. The van der Waals surface area contributed by atoms with E-state index >= 15 is 0 Å². The van der Waals surface area contributed by atoms with Crippen molar-refractivity contribution in [2.75, 3.05) is 6.61 Å². The zero-order valence-electron chi connectivity index (χ0n) is 15.1. The molecule has 0 spiro atoms. The summed E-state index contributed by atoms with van der Waals surface area (Å²) < 4.78 is 0. The number of ketones is 1. The lowest BCUT2D eigenvalue weighted by Gasteiger charge is -2.58. The van der Waals surface area contributed by atoms with Gasteiger partial charge in [0.15, 0.2) is 0 Å². The van der Waals surface area contributed by atoms with Gasteiger partial charge < -0.3 is 10.2 Å². The van der Waals surface area contributed by atoms with E-state index in [1.54, 1.807) is 6.92 Å². The average molecular weight is 332 g/mol. The molecule has 0 aromatic rings. The second kappa shape index (κ2) is 5.67. The first-order valence-electron chi connectivity index (χ1n) is 9.91. The monoisotopic (exact) mass is 332 g/mol. The van der Waals surface area contributed by atoms with Gasteiger partial charge in [0.2, 0.25) is 0 Å². The maximum absolute atomic E-state index is 12.2. The normalized spacial score (nSPS) is 50.5. The molecule has 4 rings (SSSR count). The number of carbonyl (C=O) groups is 1. The fourth-order valence-electron chi connectivity index (χ4n) is 7.37. The number of carbonyl (C=O) groups excluding carboxylic acids is 1. The topological polar surface area (TPSA) is 57.5 Å². The number of aliphatic hydroxyl groups is 2. The van der Waals surface area contributed by atoms with Crippen LogP contribution in [0.3, 0.4) is 0 Å². The van der Waals surface area contributed by atoms with Gasteiger partial charge in [-0.25, -0.2) is 0 Å². The van der Waals surface area contributed by atoms with Gasteiger partial charge in [0, 0.05) is 17.9 Å². The first-order chi connectivity index (χ1) is 11.4. The summed E-state index contributed by atoms with van der Waals surface area (Å²) in [5.74, 6) is 2.13. The van der Waals surface area contributed by atoms with Crippen molar-refractivity contribution in [3.8, 4) is 0 Å². The fourth-order valence-corrected chi connectivity index (χ4v) is 7.37. The van der Waals surface area contributed by atoms with Crippen LogP contribution < -0.4 is 0 Å². The van der Waals surface area contributed by atoms with Crippen LogP contribution in [0, 0.1) is 34.5 Å². The number of Topliss-reactive ketones (excluding diaryl/α,β-unsaturated/α-hetero) is 1. The number of hydrogen-bond donors (Lipinski definition) is 2. The van der Waals surface area contributed by atoms with E-state index in [-0.39, 0.29) is 35.2 Å². The van der Waals surface area contributed by atoms with Crippen LogP contribution in [0.25, 0.3) is 0 Å². The van der Waals surface area contributed by atoms with Crippen LogP contribution in [0.15, 0.2) is 11.6 Å². The van der Waals surface area contributed by atoms with Crippen molar-refractivity contribution in [2.24, 2.45) is 34.5 Å². The van der Waals surface area contributed by atoms with Crippen LogP contribution in [0.4, 0.5) is 0 Å². The van der Waals surface area contributed by atoms with Gasteiger partial charge in [-0.15, -0.1) is 0 Å². The third-order valence-electron chi connectivity index (χ3n) is 8.58. The Kier molecular flexibility index (Phi) is 3.96. The minimum atomic E-state index is -0.158. The van der Waals surface area contributed by atoms with Crippen molar-refractivity contribution >= 4 is 5.78 Å². The molecule has 3 heteroatoms. The van der Waals surface area contributed by atoms with Crippen molar-refractivity contribution in [1.82, 2.24) is 0 Å². The van der Waals surface area contributed by atoms with Crippen molar-refractivity contribution in [2.45, 2.75) is 71.3 Å². The minimum Gasteiger partial charge on any atom is -0.396 e. The lowest BCUT2D eigenvalue weighted by Crippen LogP contribution is -2.53. The lowest BCUT2D eigenvalue weighted by atomic mass is 9.47. The second-order valence-corrected chi connectivity index (χ2v) is 9.33. The van der Waals surface area contributed by atoms with Gasteiger partial charge in [0.05, 0.1) is 6.10 Å². The van der Waals surface area contributed by atoms with Gasteiger partial charge >= 0.3 is 0 Å². The number of allylic oxidation sites excluding steroid dienone is 1. The maximum Gasteiger partial charge on any atom is 0.133 e. The molecule has 0 aromatic heterocycles. The highest BCUT2D eigenvalue weighted by Gasteiger charge is 2.61. The zero-order valence-corrected chi connectivity index (χ0v) is 15.1. The Morgan fingerprint density at radius 2 is 2.00 bits per heavy atom. The highest BCUT2D eigenvalue weighted by atomic mass is 16.3. The van der Waals surface area contributed by atoms with Crippen LogP contribution >= 0.6 is 0 Å². The predicted octanol–water partition coefficient (Wildman–Crippen LogP) is 3.49. The van der Waals surface area contributed by atoms with Crippen molar-refractivity contribution in [3.05, 3.63) is 11.6 Å². The van der Waals surface area contributed by atoms with E-state index in [2.05, 4.69) is 13.0 Å². The summed E-state index contributed by atoms with van der Waals surface area (Å²) >= 11 is 0. The summed E-state index contributed by atoms with van der Waals surface area (Å²) in [6.07, 6.45) is 10.4. The predicted molar refractivity (Wildman–Crippen MR) is 93.3 cm³/mol. The van der Waals surface area contributed by atoms with Gasteiger partial charge in [-0.3, -0.25) is 4.79 Å². The summed E-state index contributed by atoms with van der Waals surface area (Å²) in [6.45, 7) is 4.32. The summed E-state index contributed by atoms with van der Waals surface area (Å²) in [5.41, 5.74) is 1.57. The van der Waals surface area contributed by atoms with Crippen molar-refractivity contribution < 1.29 is 15.0 Å². The summed E-state index contributed by atoms with van der Waals surface area (Å²) in [4.78, 5) is 12.2. The van der Waals surface area contributed by atoms with E-state index in [4.69, 9.17) is 0 Å². The van der Waals surface area contributed by atoms with Crippen LogP contribution in [0.5, 0.6) is 0 Å². The van der Waals surface area contributed by atoms with Gasteiger partial charge in [-0.2, -0.15) is 0 Å². The van der Waals surface area contributed by atoms with E-state index in [1.165, 1.54) is 5.57 Å². The molecule has 3 saturated carbocycles. The molecular weight excluding hydrogens is 300 g/mol. The second-order valence-electron chi connectivity index (χ2n) is 9.33. The SMILES string of the molecule is CC(=O)[C@H]1CC[C@H]2[C@@H]3CC=C4C[C@@H](O)CC[C@]4(C)[C@H]3CC[C@]12CO. The zero-order chi connectivity index (χ0) is 17.1. The Labute approximate surface area is 145 Å². The van der Waals surface area contributed by atoms with E-state index in [0.717, 1.165) is 51.4 Å². The first-order valence-corrected chi connectivity index (χ1v) is 9.91. The van der Waals surface area contributed by atoms with E-state index in [0.29, 0.717) is 17.8 Å². The average Bonchev–Trinajstić information content (AvgIpc) is 2.95. The Morgan fingerprint density at radius 1 is 1.21 bits per heavy atom. The molecule has 0 saturated heterocycles. The number of aliphatic hydroxyl groups excluding tert-OH is 2. The Morgan fingerprint density at radius 3 is 2.71 bits per heavy atom. The summed E-state index contributed by atoms with van der Waals surface area (Å²) in [7, 11) is 0. The fraction of sp³-hybridized carbons (Fsp3) is 0.857. The number of hydrogen-bond acceptors (Lipinski definition) is 3. The van der Waals surface area contributed by atoms with E-state index in [9.17, 15) is 15.0 Å². The maximum atomic E-state index is 12.2. The number of fused-ring (bicyclic) bond motifs is 5. The Bertz CT molecular complexity index is 567. The van der Waals surface area contributed by atoms with Gasteiger partial charge in [-0.1, -0.05) is 18.6 Å². The number of rotatable bonds is 2. The molecule has 0 bridgehead atoms. The van der Waals surface area contributed by atoms with Crippen LogP contribution in [0.1, 0.15) is 65.2 Å². The Balaban J connectivity index is 1.68. The molecule has 24 heavy (non-hydrogen) atoms. The smallest absolute Gasteiger partial charge is 0.133 e. The van der Waals surface area contributed by atoms with Crippen LogP contribution in [-0.4, -0.2) is 28.7 Å². The van der Waals surface area contributed by atoms with Crippen LogP contribution in [0.2, 0.25) is 0 Å². The first kappa shape index (κ1) is 16.8. The van der Waals surface area contributed by atoms with E-state index < -0.39 is 0 Å². The molecule has 2 N–H and O–H groups in total. The molecule has 4 aliphatic rings. The van der Waals surface area contributed by atoms with Gasteiger partial charge in [0.25, 0.3) is 0 Å². The van der Waals surface area contributed by atoms with Gasteiger partial charge in [-0.05, 0) is 81.5 Å². The standard InChI is InChI=1S/C21H32O3/c1-13(23)17-5-6-19-16-4-3-14-11-15(24)7-9-20(14,2)18(16)8-10-21(17,19)12-22/h3,15-19,22,24H,4-12H2,1-2H3/t15-,16+,17+,18-,19-,20-,21-/m0/s1. The van der Waals surface area contributed by atoms with E-state index in [1.807, 2.05) is 0 Å². The van der Waals surface area contributed by atoms with Gasteiger partial charge in [0.1, 0.15) is 5.78 Å². The summed E-state index contributed by atoms with van der Waals surface area (Å²) in [5, 5.41) is 20.4. The molecule has 3 nitrogen and oxygen atoms in total. The van der Waals surface area contributed by atoms with Crippen molar-refractivity contribution in [3.63, 3.8) is 0 Å². The summed E-state index contributed by atoms with van der Waals surface area (Å²) in [6, 6.07) is 0. The molecule has 0 aromatic carbocycles. The van der Waals surface area contributed by atoms with Crippen LogP contribution in [-0.2, 0) is 4.79 Å². The third kappa shape index (κ3) is 2.13. The van der Waals surface area contributed by atoms with Crippen molar-refractivity contribution in [1.29, 1.82) is 0 Å². The Hall–Kier alpha value is -0.670. The quantitative estimate of drug-likeness (QED) is 0.761. The third-order valence-corrected chi connectivity index (χ3v) is 8.58. The molecule has 0 aliphatic heterocycles. The molecular formula is C21H32O3. The molecule has 134 valence electrons.